The lowest BCUT2D eigenvalue weighted by Crippen LogP contribution is -2.74. The summed E-state index contributed by atoms with van der Waals surface area (Å²) in [6.45, 7) is -0.230. The second-order valence-electron chi connectivity index (χ2n) is 10.6. The van der Waals surface area contributed by atoms with E-state index in [-0.39, 0.29) is 25.6 Å². The van der Waals surface area contributed by atoms with Gasteiger partial charge in [0.25, 0.3) is 0 Å². The predicted molar refractivity (Wildman–Crippen MR) is 137 cm³/mol. The highest BCUT2D eigenvalue weighted by atomic mass is 16.7. The number of ether oxygens (including phenoxy) is 4. The summed E-state index contributed by atoms with van der Waals surface area (Å²) in [4.78, 5) is 12.7. The molecule has 17 N–H and O–H groups in total. The Bertz CT molecular complexity index is 802. The number of nitrogens with one attached hydrogen (secondary N) is 1. The van der Waals surface area contributed by atoms with Gasteiger partial charge in [-0.3, -0.25) is 4.79 Å². The molecule has 6 unspecified atom stereocenters. The first-order valence-electron chi connectivity index (χ1n) is 13.5. The van der Waals surface area contributed by atoms with Crippen LogP contribution < -0.4 is 34.0 Å². The van der Waals surface area contributed by atoms with Gasteiger partial charge in [-0.15, -0.1) is 0 Å². The van der Waals surface area contributed by atoms with Crippen LogP contribution in [0.2, 0.25) is 0 Å². The largest absolute Gasteiger partial charge is 0.394 e. The van der Waals surface area contributed by atoms with Crippen molar-refractivity contribution in [1.82, 2.24) is 5.32 Å². The summed E-state index contributed by atoms with van der Waals surface area (Å²) in [7, 11) is 0. The SMILES string of the molecule is NCCC[C@H](O)C(=O)NC1[C@H](O[C@H]2OC(CO)[C@@H](O)[C@H](N)C2O)C(O)C(O[C@H]2O[C@H](CN)CCC2N)[C@@H](N)[C@H]1O. The van der Waals surface area contributed by atoms with E-state index in [0.29, 0.717) is 19.3 Å². The third-order valence-electron chi connectivity index (χ3n) is 7.74. The number of hydrogen-bond donors (Lipinski definition) is 12. The van der Waals surface area contributed by atoms with E-state index in [1.54, 1.807) is 0 Å². The second kappa shape index (κ2) is 14.9. The number of aliphatic hydroxyl groups is 6. The van der Waals surface area contributed by atoms with E-state index in [1.807, 2.05) is 0 Å². The number of hydrogen-bond acceptors (Lipinski definition) is 16. The Morgan fingerprint density at radius 1 is 0.900 bits per heavy atom. The Hall–Kier alpha value is -1.13. The number of carbonyl (C=O) groups excluding carboxylic acids is 1. The summed E-state index contributed by atoms with van der Waals surface area (Å²) in [5.74, 6) is -0.890. The van der Waals surface area contributed by atoms with Gasteiger partial charge in [0, 0.05) is 6.54 Å². The maximum absolute atomic E-state index is 12.7. The van der Waals surface area contributed by atoms with Crippen molar-refractivity contribution in [2.75, 3.05) is 19.7 Å². The molecule has 1 aliphatic carbocycles. The normalized spacial score (nSPS) is 45.2. The predicted octanol–water partition coefficient (Wildman–Crippen LogP) is -7.04. The van der Waals surface area contributed by atoms with Crippen molar-refractivity contribution in [2.45, 2.75) is 117 Å². The van der Waals surface area contributed by atoms with Crippen molar-refractivity contribution in [3.8, 4) is 0 Å². The van der Waals surface area contributed by atoms with Gasteiger partial charge in [-0.2, -0.15) is 0 Å². The van der Waals surface area contributed by atoms with Crippen LogP contribution in [0.5, 0.6) is 0 Å². The zero-order chi connectivity index (χ0) is 29.7. The van der Waals surface area contributed by atoms with Crippen LogP contribution in [0.4, 0.5) is 0 Å². The minimum atomic E-state index is -1.68. The average molecular weight is 583 g/mol. The summed E-state index contributed by atoms with van der Waals surface area (Å²) in [6, 6.07) is -4.64. The number of aliphatic hydroxyl groups excluding tert-OH is 6. The van der Waals surface area contributed by atoms with Crippen LogP contribution in [-0.4, -0.2) is 148 Å². The number of rotatable bonds is 11. The molecule has 0 spiro atoms. The summed E-state index contributed by atoms with van der Waals surface area (Å²) in [5, 5.41) is 65.7. The molecule has 17 nitrogen and oxygen atoms in total. The van der Waals surface area contributed by atoms with E-state index in [0.717, 1.165) is 0 Å². The highest BCUT2D eigenvalue weighted by Gasteiger charge is 2.54. The van der Waals surface area contributed by atoms with E-state index < -0.39 is 98.1 Å². The minimum Gasteiger partial charge on any atom is -0.394 e. The fraction of sp³-hybridized carbons (Fsp3) is 0.957. The Kier molecular flexibility index (Phi) is 12.4. The van der Waals surface area contributed by atoms with Gasteiger partial charge in [0.1, 0.15) is 42.7 Å². The van der Waals surface area contributed by atoms with Gasteiger partial charge < -0.3 is 83.6 Å². The van der Waals surface area contributed by atoms with Gasteiger partial charge >= 0.3 is 0 Å². The van der Waals surface area contributed by atoms with Crippen LogP contribution in [0, 0.1) is 0 Å². The zero-order valence-corrected chi connectivity index (χ0v) is 22.2. The number of carbonyl (C=O) groups is 1. The topological polar surface area (TPSA) is 318 Å². The fourth-order valence-corrected chi connectivity index (χ4v) is 5.18. The maximum atomic E-state index is 12.7. The van der Waals surface area contributed by atoms with E-state index in [2.05, 4.69) is 5.32 Å². The van der Waals surface area contributed by atoms with Crippen LogP contribution in [0.15, 0.2) is 0 Å². The van der Waals surface area contributed by atoms with Gasteiger partial charge in [0.2, 0.25) is 5.91 Å². The molecular weight excluding hydrogens is 536 g/mol. The molecule has 0 aromatic carbocycles. The Morgan fingerprint density at radius 2 is 1.57 bits per heavy atom. The molecule has 15 atom stereocenters. The summed E-state index contributed by atoms with van der Waals surface area (Å²) >= 11 is 0. The lowest BCUT2D eigenvalue weighted by atomic mass is 9.81. The molecular formula is C23H46N6O11. The molecule has 2 aliphatic heterocycles. The van der Waals surface area contributed by atoms with Gasteiger partial charge in [-0.05, 0) is 32.2 Å². The van der Waals surface area contributed by atoms with Crippen molar-refractivity contribution in [2.24, 2.45) is 28.7 Å². The molecule has 17 heteroatoms. The van der Waals surface area contributed by atoms with E-state index in [9.17, 15) is 35.4 Å². The Morgan fingerprint density at radius 3 is 2.20 bits per heavy atom. The number of amides is 1. The van der Waals surface area contributed by atoms with Crippen LogP contribution in [0.25, 0.3) is 0 Å². The van der Waals surface area contributed by atoms with Crippen LogP contribution in [0.1, 0.15) is 25.7 Å². The standard InChI is InChI=1S/C23H46N6O11/c24-5-1-2-10(31)21(36)29-14-16(33)13(28)19(39-22-9(26)4-3-8(6-25)37-22)18(35)20(14)40-23-17(34)12(27)15(32)11(7-30)38-23/h8-20,22-23,30-35H,1-7,24-28H2,(H,29,36)/t8-,9?,10-,11?,12-,13-,14?,15+,16+,17?,18?,19?,20-,22+,23+/m0/s1. The monoisotopic (exact) mass is 582 g/mol. The third-order valence-corrected chi connectivity index (χ3v) is 7.74. The highest BCUT2D eigenvalue weighted by molar-refractivity contribution is 5.80. The molecule has 0 aromatic rings. The lowest BCUT2D eigenvalue weighted by Gasteiger charge is -2.50. The smallest absolute Gasteiger partial charge is 0.249 e. The Balaban J connectivity index is 1.87. The first kappa shape index (κ1) is 33.4. The molecule has 0 aromatic heterocycles. The second-order valence-corrected chi connectivity index (χ2v) is 10.6. The maximum Gasteiger partial charge on any atom is 0.249 e. The summed E-state index contributed by atoms with van der Waals surface area (Å²) in [6.07, 6.45) is -13.5. The molecule has 1 amide bonds. The summed E-state index contributed by atoms with van der Waals surface area (Å²) in [5.41, 5.74) is 29.5. The van der Waals surface area contributed by atoms with Crippen molar-refractivity contribution in [1.29, 1.82) is 0 Å². The molecule has 3 aliphatic rings. The van der Waals surface area contributed by atoms with Crippen molar-refractivity contribution < 1.29 is 54.4 Å². The van der Waals surface area contributed by atoms with Gasteiger partial charge in [-0.1, -0.05) is 0 Å². The minimum absolute atomic E-state index is 0.0333. The van der Waals surface area contributed by atoms with Crippen LogP contribution >= 0.6 is 0 Å². The molecule has 3 rings (SSSR count). The number of nitrogens with two attached hydrogens (primary N) is 5. The van der Waals surface area contributed by atoms with Gasteiger partial charge in [0.15, 0.2) is 12.6 Å². The van der Waals surface area contributed by atoms with Crippen LogP contribution in [0.3, 0.4) is 0 Å². The van der Waals surface area contributed by atoms with Crippen LogP contribution in [-0.2, 0) is 23.7 Å². The molecule has 234 valence electrons. The lowest BCUT2D eigenvalue weighted by molar-refractivity contribution is -0.319. The average Bonchev–Trinajstić information content (AvgIpc) is 2.95. The van der Waals surface area contributed by atoms with E-state index in [4.69, 9.17) is 47.6 Å². The molecule has 0 radical (unpaired) electrons. The molecule has 40 heavy (non-hydrogen) atoms. The first-order valence-corrected chi connectivity index (χ1v) is 13.5. The van der Waals surface area contributed by atoms with E-state index in [1.165, 1.54) is 0 Å². The molecule has 2 saturated heterocycles. The molecule has 3 fully saturated rings. The molecule has 2 heterocycles. The molecule has 0 bridgehead atoms. The van der Waals surface area contributed by atoms with Gasteiger partial charge in [0.05, 0.1) is 43.0 Å². The van der Waals surface area contributed by atoms with Gasteiger partial charge in [-0.25, -0.2) is 0 Å². The first-order chi connectivity index (χ1) is 18.9. The van der Waals surface area contributed by atoms with Crippen molar-refractivity contribution in [3.63, 3.8) is 0 Å². The summed E-state index contributed by atoms with van der Waals surface area (Å²) < 4.78 is 23.1. The third kappa shape index (κ3) is 7.44. The fourth-order valence-electron chi connectivity index (χ4n) is 5.18. The quantitative estimate of drug-likeness (QED) is 0.108. The van der Waals surface area contributed by atoms with Crippen molar-refractivity contribution in [3.05, 3.63) is 0 Å². The van der Waals surface area contributed by atoms with E-state index >= 15 is 0 Å². The zero-order valence-electron chi connectivity index (χ0n) is 22.2. The van der Waals surface area contributed by atoms with Crippen molar-refractivity contribution >= 4 is 5.91 Å². The molecule has 1 saturated carbocycles. The Labute approximate surface area is 231 Å². The highest BCUT2D eigenvalue weighted by Crippen LogP contribution is 2.31.